The third-order valence-electron chi connectivity index (χ3n) is 4.31. The van der Waals surface area contributed by atoms with Gasteiger partial charge in [-0.05, 0) is 42.0 Å². The van der Waals surface area contributed by atoms with Gasteiger partial charge in [-0.2, -0.15) is 4.31 Å². The van der Waals surface area contributed by atoms with Gasteiger partial charge in [-0.25, -0.2) is 8.42 Å². The van der Waals surface area contributed by atoms with Crippen molar-refractivity contribution in [1.82, 2.24) is 9.29 Å². The van der Waals surface area contributed by atoms with E-state index in [1.807, 2.05) is 6.92 Å². The number of nitrogens with one attached hydrogen (secondary N) is 1. The topological polar surface area (TPSA) is 108 Å². The van der Waals surface area contributed by atoms with Crippen molar-refractivity contribution in [1.29, 1.82) is 0 Å². The Balaban J connectivity index is 1.99. The molecule has 2 aromatic rings. The molecule has 2 unspecified atom stereocenters. The summed E-state index contributed by atoms with van der Waals surface area (Å²) in [5.74, 6) is -1.69. The quantitative estimate of drug-likeness (QED) is 0.866. The van der Waals surface area contributed by atoms with E-state index < -0.39 is 21.9 Å². The summed E-state index contributed by atoms with van der Waals surface area (Å²) in [7, 11) is -3.78. The summed E-state index contributed by atoms with van der Waals surface area (Å²) in [6, 6.07) is 7.37. The smallest absolute Gasteiger partial charge is 0.307 e. The lowest BCUT2D eigenvalue weighted by molar-refractivity contribution is -0.143. The Morgan fingerprint density at radius 1 is 1.25 bits per heavy atom. The standard InChI is InChI=1S/C16H18N2O5S/c1-10-6-12(16(20)21)9-18(8-10)24(22,23)13-3-4-14-11(7-13)2-5-15(19)17-14/h2-5,7,10,12H,6,8-9H2,1H3,(H,17,19)(H,20,21). The number of carboxylic acids is 1. The molecule has 1 fully saturated rings. The van der Waals surface area contributed by atoms with Crippen LogP contribution in [0.1, 0.15) is 13.3 Å². The van der Waals surface area contributed by atoms with E-state index in [4.69, 9.17) is 0 Å². The number of hydrogen-bond acceptors (Lipinski definition) is 4. The molecule has 128 valence electrons. The molecule has 1 saturated heterocycles. The van der Waals surface area contributed by atoms with E-state index in [9.17, 15) is 23.1 Å². The number of hydrogen-bond donors (Lipinski definition) is 2. The van der Waals surface area contributed by atoms with Gasteiger partial charge >= 0.3 is 5.97 Å². The van der Waals surface area contributed by atoms with Crippen LogP contribution in [-0.4, -0.2) is 41.9 Å². The van der Waals surface area contributed by atoms with Crippen molar-refractivity contribution in [2.75, 3.05) is 13.1 Å². The number of aromatic amines is 1. The van der Waals surface area contributed by atoms with Crippen LogP contribution in [0.15, 0.2) is 40.0 Å². The predicted molar refractivity (Wildman–Crippen MR) is 88.2 cm³/mol. The Kier molecular flexibility index (Phi) is 4.18. The second-order valence-corrected chi connectivity index (χ2v) is 8.21. The summed E-state index contributed by atoms with van der Waals surface area (Å²) in [5, 5.41) is 9.83. The number of nitrogens with zero attached hydrogens (tertiary/aromatic N) is 1. The normalized spacial score (nSPS) is 22.5. The van der Waals surface area contributed by atoms with Gasteiger partial charge in [0.2, 0.25) is 15.6 Å². The number of fused-ring (bicyclic) bond motifs is 1. The fraction of sp³-hybridized carbons (Fsp3) is 0.375. The zero-order chi connectivity index (χ0) is 17.5. The van der Waals surface area contributed by atoms with Gasteiger partial charge in [0, 0.05) is 24.7 Å². The van der Waals surface area contributed by atoms with Crippen LogP contribution < -0.4 is 5.56 Å². The molecule has 2 atom stereocenters. The van der Waals surface area contributed by atoms with Crippen LogP contribution in [0.3, 0.4) is 0 Å². The van der Waals surface area contributed by atoms with E-state index >= 15 is 0 Å². The summed E-state index contributed by atoms with van der Waals surface area (Å²) in [5.41, 5.74) is 0.295. The van der Waals surface area contributed by atoms with Crippen LogP contribution in [-0.2, 0) is 14.8 Å². The van der Waals surface area contributed by atoms with Crippen LogP contribution in [0, 0.1) is 11.8 Å². The zero-order valence-corrected chi connectivity index (χ0v) is 13.9. The number of benzene rings is 1. The molecule has 0 spiro atoms. The van der Waals surface area contributed by atoms with E-state index in [1.165, 1.54) is 22.5 Å². The molecule has 0 bridgehead atoms. The third kappa shape index (κ3) is 3.07. The number of carboxylic acid groups (broad SMARTS) is 1. The second kappa shape index (κ2) is 6.03. The summed E-state index contributed by atoms with van der Waals surface area (Å²) in [6.07, 6.45) is 0.473. The molecule has 1 aliphatic rings. The Labute approximate surface area is 139 Å². The first-order valence-corrected chi connectivity index (χ1v) is 9.07. The molecule has 2 N–H and O–H groups in total. The number of H-pyrrole nitrogens is 1. The molecule has 8 heteroatoms. The van der Waals surface area contributed by atoms with Crippen LogP contribution in [0.2, 0.25) is 0 Å². The highest BCUT2D eigenvalue weighted by Crippen LogP contribution is 2.28. The third-order valence-corrected chi connectivity index (χ3v) is 6.14. The molecule has 0 radical (unpaired) electrons. The molecule has 24 heavy (non-hydrogen) atoms. The molecule has 1 aromatic carbocycles. The summed E-state index contributed by atoms with van der Waals surface area (Å²) in [6.45, 7) is 2.13. The van der Waals surface area contributed by atoms with Gasteiger partial charge in [0.25, 0.3) is 0 Å². The maximum Gasteiger partial charge on any atom is 0.307 e. The summed E-state index contributed by atoms with van der Waals surface area (Å²) >= 11 is 0. The van der Waals surface area contributed by atoms with Crippen molar-refractivity contribution >= 4 is 26.9 Å². The van der Waals surface area contributed by atoms with Gasteiger partial charge in [0.05, 0.1) is 10.8 Å². The Bertz CT molecular complexity index is 950. The number of aromatic nitrogens is 1. The molecule has 1 aromatic heterocycles. The zero-order valence-electron chi connectivity index (χ0n) is 13.1. The highest BCUT2D eigenvalue weighted by atomic mass is 32.2. The molecular formula is C16H18N2O5S. The lowest BCUT2D eigenvalue weighted by Gasteiger charge is -2.33. The highest BCUT2D eigenvalue weighted by molar-refractivity contribution is 7.89. The lowest BCUT2D eigenvalue weighted by Crippen LogP contribution is -2.45. The van der Waals surface area contributed by atoms with Gasteiger partial charge in [0.1, 0.15) is 0 Å². The summed E-state index contributed by atoms with van der Waals surface area (Å²) in [4.78, 5) is 25.3. The van der Waals surface area contributed by atoms with Crippen molar-refractivity contribution in [2.24, 2.45) is 11.8 Å². The Hall–Kier alpha value is -2.19. The maximum absolute atomic E-state index is 12.9. The number of carbonyl (C=O) groups is 1. The van der Waals surface area contributed by atoms with Crippen molar-refractivity contribution in [2.45, 2.75) is 18.2 Å². The number of piperidine rings is 1. The Morgan fingerprint density at radius 2 is 2.00 bits per heavy atom. The number of rotatable bonds is 3. The largest absolute Gasteiger partial charge is 0.481 e. The molecule has 3 rings (SSSR count). The average Bonchev–Trinajstić information content (AvgIpc) is 2.53. The molecule has 2 heterocycles. The van der Waals surface area contributed by atoms with Crippen molar-refractivity contribution < 1.29 is 18.3 Å². The van der Waals surface area contributed by atoms with Gasteiger partial charge < -0.3 is 10.1 Å². The van der Waals surface area contributed by atoms with Crippen molar-refractivity contribution in [3.05, 3.63) is 40.7 Å². The van der Waals surface area contributed by atoms with E-state index in [2.05, 4.69) is 4.98 Å². The predicted octanol–water partition coefficient (Wildman–Crippen LogP) is 1.26. The first kappa shape index (κ1) is 16.7. The van der Waals surface area contributed by atoms with Crippen LogP contribution in [0.4, 0.5) is 0 Å². The first-order chi connectivity index (χ1) is 11.3. The van der Waals surface area contributed by atoms with E-state index in [1.54, 1.807) is 12.1 Å². The van der Waals surface area contributed by atoms with Crippen molar-refractivity contribution in [3.63, 3.8) is 0 Å². The second-order valence-electron chi connectivity index (χ2n) is 6.27. The lowest BCUT2D eigenvalue weighted by atomic mass is 9.92. The SMILES string of the molecule is CC1CC(C(=O)O)CN(S(=O)(=O)c2ccc3[nH]c(=O)ccc3c2)C1. The van der Waals surface area contributed by atoms with Gasteiger partial charge in [-0.15, -0.1) is 0 Å². The highest BCUT2D eigenvalue weighted by Gasteiger charge is 2.36. The molecule has 0 amide bonds. The molecular weight excluding hydrogens is 332 g/mol. The van der Waals surface area contributed by atoms with Gasteiger partial charge in [-0.1, -0.05) is 6.92 Å². The molecule has 0 aliphatic carbocycles. The number of pyridine rings is 1. The molecule has 0 saturated carbocycles. The van der Waals surface area contributed by atoms with Gasteiger partial charge in [0.15, 0.2) is 0 Å². The molecule has 7 nitrogen and oxygen atoms in total. The first-order valence-electron chi connectivity index (χ1n) is 7.63. The number of sulfonamides is 1. The van der Waals surface area contributed by atoms with E-state index in [0.29, 0.717) is 23.9 Å². The maximum atomic E-state index is 12.9. The van der Waals surface area contributed by atoms with E-state index in [-0.39, 0.29) is 22.9 Å². The van der Waals surface area contributed by atoms with E-state index in [0.717, 1.165) is 0 Å². The average molecular weight is 350 g/mol. The fourth-order valence-corrected chi connectivity index (χ4v) is 4.76. The van der Waals surface area contributed by atoms with Gasteiger partial charge in [-0.3, -0.25) is 9.59 Å². The summed E-state index contributed by atoms with van der Waals surface area (Å²) < 4.78 is 27.0. The minimum Gasteiger partial charge on any atom is -0.481 e. The molecule has 1 aliphatic heterocycles. The fourth-order valence-electron chi connectivity index (χ4n) is 3.12. The minimum atomic E-state index is -3.78. The number of aliphatic carboxylic acids is 1. The Morgan fingerprint density at radius 3 is 2.71 bits per heavy atom. The van der Waals surface area contributed by atoms with Crippen molar-refractivity contribution in [3.8, 4) is 0 Å². The van der Waals surface area contributed by atoms with Crippen LogP contribution in [0.5, 0.6) is 0 Å². The van der Waals surface area contributed by atoms with Crippen LogP contribution in [0.25, 0.3) is 10.9 Å². The van der Waals surface area contributed by atoms with Crippen LogP contribution >= 0.6 is 0 Å². The minimum absolute atomic E-state index is 0.0218. The monoisotopic (exact) mass is 350 g/mol.